The topological polar surface area (TPSA) is 131 Å². The Morgan fingerprint density at radius 2 is 1.68 bits per heavy atom. The van der Waals surface area contributed by atoms with Crippen LogP contribution in [0.3, 0.4) is 0 Å². The van der Waals surface area contributed by atoms with E-state index in [0.717, 1.165) is 34.8 Å². The summed E-state index contributed by atoms with van der Waals surface area (Å²) in [5.41, 5.74) is -1.03. The number of methoxy groups -OCH3 is 1. The van der Waals surface area contributed by atoms with Gasteiger partial charge in [-0.05, 0) is 38.2 Å². The van der Waals surface area contributed by atoms with E-state index >= 15 is 0 Å². The minimum absolute atomic E-state index is 0.0486. The van der Waals surface area contributed by atoms with Crippen molar-refractivity contribution in [2.75, 3.05) is 13.7 Å². The number of ether oxygens (including phenoxy) is 4. The van der Waals surface area contributed by atoms with Gasteiger partial charge in [0.05, 0.1) is 12.7 Å². The van der Waals surface area contributed by atoms with Crippen LogP contribution in [0.1, 0.15) is 49.9 Å². The van der Waals surface area contributed by atoms with Crippen LogP contribution in [0.2, 0.25) is 0 Å². The highest BCUT2D eigenvalue weighted by atomic mass is 19.1. The van der Waals surface area contributed by atoms with E-state index in [1.807, 2.05) is 0 Å². The first-order valence-corrected chi connectivity index (χ1v) is 12.6. The summed E-state index contributed by atoms with van der Waals surface area (Å²) in [4.78, 5) is 55.0. The third kappa shape index (κ3) is 5.26. The van der Waals surface area contributed by atoms with Crippen LogP contribution in [-0.2, 0) is 48.3 Å². The number of benzene rings is 1. The van der Waals surface area contributed by atoms with Crippen molar-refractivity contribution in [2.45, 2.75) is 76.5 Å². The highest BCUT2D eigenvalue weighted by Crippen LogP contribution is 2.37. The molecule has 13 heteroatoms. The van der Waals surface area contributed by atoms with Crippen molar-refractivity contribution in [3.8, 4) is 0 Å². The van der Waals surface area contributed by atoms with Crippen LogP contribution < -0.4 is 11.4 Å². The molecule has 0 amide bonds. The lowest BCUT2D eigenvalue weighted by atomic mass is 9.99. The summed E-state index contributed by atoms with van der Waals surface area (Å²) >= 11 is 0. The molecule has 2 bridgehead atoms. The van der Waals surface area contributed by atoms with Crippen LogP contribution in [0.4, 0.5) is 4.39 Å². The number of fused-ring (bicyclic) bond motifs is 2. The third-order valence-electron chi connectivity index (χ3n) is 7.31. The van der Waals surface area contributed by atoms with Crippen molar-refractivity contribution >= 4 is 11.9 Å². The molecule has 3 fully saturated rings. The van der Waals surface area contributed by atoms with Crippen molar-refractivity contribution in [2.24, 2.45) is 0 Å². The van der Waals surface area contributed by atoms with Gasteiger partial charge in [-0.2, -0.15) is 4.98 Å². The summed E-state index contributed by atoms with van der Waals surface area (Å²) in [6.45, 7) is 0.752. The molecule has 0 radical (unpaired) electrons. The average molecular weight is 533 g/mol. The van der Waals surface area contributed by atoms with Gasteiger partial charge in [0, 0.05) is 37.8 Å². The molecule has 1 aromatic carbocycles. The lowest BCUT2D eigenvalue weighted by Crippen LogP contribution is -2.47. The molecule has 2 aromatic rings. The molecule has 3 aliphatic rings. The Morgan fingerprint density at radius 1 is 1.00 bits per heavy atom. The Bertz CT molecular complexity index is 1300. The van der Waals surface area contributed by atoms with Crippen molar-refractivity contribution in [3.63, 3.8) is 0 Å². The minimum atomic E-state index is -1.65. The third-order valence-corrected chi connectivity index (χ3v) is 7.31. The number of nitrogens with zero attached hydrogens (tertiary/aromatic N) is 4. The average Bonchev–Trinajstić information content (AvgIpc) is 3.33. The zero-order valence-electron chi connectivity index (χ0n) is 20.9. The predicted octanol–water partition coefficient (Wildman–Crippen LogP) is 0.849. The summed E-state index contributed by atoms with van der Waals surface area (Å²) in [5.74, 6) is -2.86. The van der Waals surface area contributed by atoms with Crippen LogP contribution in [0, 0.1) is 5.82 Å². The molecule has 204 valence electrons. The van der Waals surface area contributed by atoms with Gasteiger partial charge in [-0.1, -0.05) is 18.2 Å². The Hall–Kier alpha value is -3.42. The summed E-state index contributed by atoms with van der Waals surface area (Å²) < 4.78 is 36.4. The van der Waals surface area contributed by atoms with Crippen LogP contribution in [0.5, 0.6) is 0 Å². The Balaban J connectivity index is 1.21. The molecule has 12 nitrogen and oxygen atoms in total. The van der Waals surface area contributed by atoms with Crippen molar-refractivity contribution in [3.05, 3.63) is 62.4 Å². The highest BCUT2D eigenvalue weighted by molar-refractivity contribution is 6.30. The number of piperidine rings is 1. The van der Waals surface area contributed by atoms with Crippen LogP contribution in [0.25, 0.3) is 0 Å². The molecular formula is C25H29FN4O8. The second kappa shape index (κ2) is 11.1. The zero-order chi connectivity index (χ0) is 26.8. The van der Waals surface area contributed by atoms with Gasteiger partial charge in [0.1, 0.15) is 12.4 Å². The number of rotatable bonds is 10. The van der Waals surface area contributed by atoms with Gasteiger partial charge in [0.25, 0.3) is 0 Å². The highest BCUT2D eigenvalue weighted by Gasteiger charge is 2.41. The number of esters is 2. The van der Waals surface area contributed by atoms with E-state index in [9.17, 15) is 23.6 Å². The van der Waals surface area contributed by atoms with Crippen LogP contribution in [0.15, 0.2) is 33.9 Å². The number of halogens is 1. The molecule has 3 aliphatic heterocycles. The smallest absolute Gasteiger partial charge is 0.397 e. The monoisotopic (exact) mass is 532 g/mol. The molecular weight excluding hydrogens is 503 g/mol. The van der Waals surface area contributed by atoms with Gasteiger partial charge in [-0.3, -0.25) is 4.90 Å². The molecule has 0 spiro atoms. The number of hydrogen-bond acceptors (Lipinski definition) is 10. The van der Waals surface area contributed by atoms with Gasteiger partial charge >= 0.3 is 29.7 Å². The Morgan fingerprint density at radius 3 is 2.34 bits per heavy atom. The van der Waals surface area contributed by atoms with Gasteiger partial charge < -0.3 is 18.9 Å². The first-order valence-electron chi connectivity index (χ1n) is 12.6. The van der Waals surface area contributed by atoms with E-state index in [1.165, 1.54) is 13.2 Å². The molecule has 0 saturated carbocycles. The fourth-order valence-electron chi connectivity index (χ4n) is 5.55. The van der Waals surface area contributed by atoms with Gasteiger partial charge in [-0.15, -0.1) is 0 Å². The maximum atomic E-state index is 13.9. The van der Waals surface area contributed by atoms with E-state index in [-0.39, 0.29) is 37.5 Å². The first-order chi connectivity index (χ1) is 18.4. The van der Waals surface area contributed by atoms with Gasteiger partial charge in [-0.25, -0.2) is 32.7 Å². The SMILES string of the molecule is COCc1nc(=O)n(CCCN2C3CCC2CC(OCc2ccccc2F)C3)c(=O)n1C1OC(=O)C(=O)O1. The van der Waals surface area contributed by atoms with Crippen molar-refractivity contribution in [1.82, 2.24) is 19.0 Å². The van der Waals surface area contributed by atoms with Crippen LogP contribution in [-0.4, -0.2) is 62.8 Å². The van der Waals surface area contributed by atoms with Crippen molar-refractivity contribution in [1.29, 1.82) is 0 Å². The molecule has 5 rings (SSSR count). The number of cyclic esters (lactones) is 2. The van der Waals surface area contributed by atoms with E-state index in [1.54, 1.807) is 18.2 Å². The largest absolute Gasteiger partial charge is 0.422 e. The van der Waals surface area contributed by atoms with Gasteiger partial charge in [0.2, 0.25) is 0 Å². The van der Waals surface area contributed by atoms with Gasteiger partial charge in [0.15, 0.2) is 5.82 Å². The zero-order valence-corrected chi connectivity index (χ0v) is 20.9. The van der Waals surface area contributed by atoms with Crippen LogP contribution >= 0.6 is 0 Å². The lowest BCUT2D eigenvalue weighted by molar-refractivity contribution is -0.156. The summed E-state index contributed by atoms with van der Waals surface area (Å²) in [6, 6.07) is 7.23. The number of hydrogen-bond donors (Lipinski definition) is 0. The molecule has 2 unspecified atom stereocenters. The second-order valence-corrected chi connectivity index (χ2v) is 9.64. The van der Waals surface area contributed by atoms with E-state index in [0.29, 0.717) is 30.6 Å². The fourth-order valence-corrected chi connectivity index (χ4v) is 5.55. The minimum Gasteiger partial charge on any atom is -0.397 e. The van der Waals surface area contributed by atoms with Crippen molar-refractivity contribution < 1.29 is 32.9 Å². The molecule has 38 heavy (non-hydrogen) atoms. The second-order valence-electron chi connectivity index (χ2n) is 9.64. The molecule has 3 saturated heterocycles. The number of aromatic nitrogens is 3. The standard InChI is InChI=1S/C25H29FN4O8/c1-35-14-20-27-23(33)29(24(34)30(20)25-37-21(31)22(32)38-25)10-4-9-28-16-7-8-17(28)12-18(11-16)36-13-15-5-2-3-6-19(15)26/h2-3,5-6,16-18,25H,4,7-14H2,1H3. The summed E-state index contributed by atoms with van der Waals surface area (Å²) in [7, 11) is 1.34. The van der Waals surface area contributed by atoms with E-state index in [2.05, 4.69) is 9.88 Å². The van der Waals surface area contributed by atoms with E-state index in [4.69, 9.17) is 18.9 Å². The fraction of sp³-hybridized carbons (Fsp3) is 0.560. The Labute approximate surface area is 216 Å². The molecule has 2 atom stereocenters. The molecule has 0 N–H and O–H groups in total. The lowest BCUT2D eigenvalue weighted by Gasteiger charge is -2.39. The molecule has 1 aromatic heterocycles. The number of carbonyl (C=O) groups excluding carboxylic acids is 2. The quantitative estimate of drug-likeness (QED) is 0.321. The van der Waals surface area contributed by atoms with E-state index < -0.39 is 29.7 Å². The number of carbonyl (C=O) groups is 2. The summed E-state index contributed by atoms with van der Waals surface area (Å²) in [6.07, 6.45) is 2.63. The molecule has 0 aliphatic carbocycles. The summed E-state index contributed by atoms with van der Waals surface area (Å²) in [5, 5.41) is 0. The maximum Gasteiger partial charge on any atom is 0.422 e. The normalized spacial score (nSPS) is 23.6. The molecule has 4 heterocycles. The predicted molar refractivity (Wildman–Crippen MR) is 127 cm³/mol. The Kier molecular flexibility index (Phi) is 7.68. The first kappa shape index (κ1) is 26.2. The maximum absolute atomic E-state index is 13.9.